The van der Waals surface area contributed by atoms with E-state index in [1.807, 2.05) is 12.1 Å². The van der Waals surface area contributed by atoms with Crippen LogP contribution in [0.25, 0.3) is 33.8 Å². The summed E-state index contributed by atoms with van der Waals surface area (Å²) < 4.78 is 37.6. The Morgan fingerprint density at radius 3 is 2.63 bits per heavy atom. The van der Waals surface area contributed by atoms with Crippen LogP contribution >= 0.6 is 0 Å². The zero-order chi connectivity index (χ0) is 24.6. The van der Waals surface area contributed by atoms with Gasteiger partial charge in [-0.3, -0.25) is 4.72 Å². The highest BCUT2D eigenvalue weighted by atomic mass is 32.2. The number of sulfonamides is 1. The summed E-state index contributed by atoms with van der Waals surface area (Å²) in [5, 5.41) is 7.83. The van der Waals surface area contributed by atoms with Gasteiger partial charge in [0.2, 0.25) is 10.0 Å². The molecule has 0 radical (unpaired) electrons. The van der Waals surface area contributed by atoms with Crippen LogP contribution in [0.5, 0.6) is 0 Å². The van der Waals surface area contributed by atoms with Crippen molar-refractivity contribution in [3.63, 3.8) is 0 Å². The molecule has 0 aliphatic carbocycles. The molecule has 1 aliphatic rings. The second kappa shape index (κ2) is 9.01. The number of nitrogens with zero attached hydrogens (tertiary/aromatic N) is 3. The van der Waals surface area contributed by atoms with E-state index >= 15 is 0 Å². The Bertz CT molecular complexity index is 1530. The Hall–Kier alpha value is -3.96. The molecule has 2 aromatic heterocycles. The normalized spacial score (nSPS) is 14.3. The van der Waals surface area contributed by atoms with Crippen LogP contribution < -0.4 is 15.4 Å². The second-order valence-electron chi connectivity index (χ2n) is 8.20. The molecule has 5 rings (SSSR count). The SMILES string of the molecule is CS(=O)(=O)Nc1cccc(-c2cc3nc(-c4cccc(N)c4C=N)nc(N4CCOCC4)c3o2)c1. The Balaban J connectivity index is 1.67. The standard InChI is InChI=1S/C24H24N6O4S/c1-35(31,32)29-16-5-2-4-15(12-16)21-13-20-22(34-21)24(30-8-10-33-11-9-30)28-23(27-20)17-6-3-7-19(26)18(17)14-25/h2-7,12-14,25,29H,8-11,26H2,1H3. The van der Waals surface area contributed by atoms with Crippen LogP contribution in [0.1, 0.15) is 5.56 Å². The maximum atomic E-state index is 11.7. The van der Waals surface area contributed by atoms with Gasteiger partial charge in [0.1, 0.15) is 11.3 Å². The van der Waals surface area contributed by atoms with Crippen LogP contribution in [0.4, 0.5) is 17.2 Å². The number of anilines is 3. The zero-order valence-corrected chi connectivity index (χ0v) is 19.8. The third kappa shape index (κ3) is 4.68. The first-order valence-corrected chi connectivity index (χ1v) is 12.8. The summed E-state index contributed by atoms with van der Waals surface area (Å²) >= 11 is 0. The monoisotopic (exact) mass is 492 g/mol. The molecule has 10 nitrogen and oxygen atoms in total. The van der Waals surface area contributed by atoms with Crippen molar-refractivity contribution >= 4 is 44.5 Å². The van der Waals surface area contributed by atoms with Crippen molar-refractivity contribution < 1.29 is 17.6 Å². The molecule has 0 bridgehead atoms. The van der Waals surface area contributed by atoms with Crippen LogP contribution in [-0.4, -0.2) is 57.2 Å². The summed E-state index contributed by atoms with van der Waals surface area (Å²) in [6.45, 7) is 2.42. The zero-order valence-electron chi connectivity index (χ0n) is 19.0. The fourth-order valence-corrected chi connectivity index (χ4v) is 4.61. The lowest BCUT2D eigenvalue weighted by Crippen LogP contribution is -2.37. The van der Waals surface area contributed by atoms with E-state index in [1.54, 1.807) is 36.4 Å². The van der Waals surface area contributed by atoms with Crippen molar-refractivity contribution in [2.24, 2.45) is 0 Å². The van der Waals surface area contributed by atoms with Crippen molar-refractivity contribution in [1.29, 1.82) is 5.41 Å². The minimum atomic E-state index is -3.42. The van der Waals surface area contributed by atoms with Crippen molar-refractivity contribution in [3.05, 3.63) is 54.1 Å². The Morgan fingerprint density at radius 1 is 1.11 bits per heavy atom. The molecule has 0 amide bonds. The highest BCUT2D eigenvalue weighted by Gasteiger charge is 2.23. The summed E-state index contributed by atoms with van der Waals surface area (Å²) in [7, 11) is -3.42. The number of hydrogen-bond acceptors (Lipinski definition) is 9. The van der Waals surface area contributed by atoms with Crippen molar-refractivity contribution in [1.82, 2.24) is 9.97 Å². The number of rotatable bonds is 6. The van der Waals surface area contributed by atoms with E-state index in [2.05, 4.69) is 9.62 Å². The largest absolute Gasteiger partial charge is 0.450 e. The smallest absolute Gasteiger partial charge is 0.229 e. The second-order valence-corrected chi connectivity index (χ2v) is 9.95. The molecule has 11 heteroatoms. The van der Waals surface area contributed by atoms with Gasteiger partial charge in [-0.15, -0.1) is 0 Å². The maximum absolute atomic E-state index is 11.7. The third-order valence-corrected chi connectivity index (χ3v) is 6.25. The quantitative estimate of drug-likeness (QED) is 0.274. The lowest BCUT2D eigenvalue weighted by Gasteiger charge is -2.28. The van der Waals surface area contributed by atoms with Gasteiger partial charge in [0, 0.05) is 53.4 Å². The van der Waals surface area contributed by atoms with E-state index < -0.39 is 10.0 Å². The Labute approximate surface area is 202 Å². The van der Waals surface area contributed by atoms with E-state index in [-0.39, 0.29) is 0 Å². The maximum Gasteiger partial charge on any atom is 0.229 e. The van der Waals surface area contributed by atoms with Gasteiger partial charge >= 0.3 is 0 Å². The van der Waals surface area contributed by atoms with Gasteiger partial charge in [0.15, 0.2) is 17.2 Å². The summed E-state index contributed by atoms with van der Waals surface area (Å²) in [6.07, 6.45) is 2.30. The molecule has 0 saturated carbocycles. The van der Waals surface area contributed by atoms with Gasteiger partial charge in [0.25, 0.3) is 0 Å². The number of nitrogens with two attached hydrogens (primary N) is 1. The van der Waals surface area contributed by atoms with Gasteiger partial charge in [0.05, 0.1) is 19.5 Å². The van der Waals surface area contributed by atoms with Gasteiger partial charge in [-0.05, 0) is 18.2 Å². The molecular formula is C24H24N6O4S. The predicted octanol–water partition coefficient (Wildman–Crippen LogP) is 3.34. The van der Waals surface area contributed by atoms with Gasteiger partial charge < -0.3 is 25.2 Å². The molecular weight excluding hydrogens is 468 g/mol. The summed E-state index contributed by atoms with van der Waals surface area (Å²) in [5.41, 5.74) is 10.00. The minimum Gasteiger partial charge on any atom is -0.450 e. The molecule has 35 heavy (non-hydrogen) atoms. The number of nitrogens with one attached hydrogen (secondary N) is 2. The molecule has 1 aliphatic heterocycles. The summed E-state index contributed by atoms with van der Waals surface area (Å²) in [6, 6.07) is 14.1. The molecule has 180 valence electrons. The number of hydrogen-bond donors (Lipinski definition) is 3. The molecule has 4 N–H and O–H groups in total. The highest BCUT2D eigenvalue weighted by Crippen LogP contribution is 2.36. The van der Waals surface area contributed by atoms with Gasteiger partial charge in [-0.25, -0.2) is 18.4 Å². The third-order valence-electron chi connectivity index (χ3n) is 5.64. The van der Waals surface area contributed by atoms with Crippen LogP contribution in [0.2, 0.25) is 0 Å². The Kier molecular flexibility index (Phi) is 5.87. The summed E-state index contributed by atoms with van der Waals surface area (Å²) in [5.74, 6) is 1.59. The first-order chi connectivity index (χ1) is 16.8. The van der Waals surface area contributed by atoms with E-state index in [4.69, 9.17) is 30.3 Å². The average molecular weight is 493 g/mol. The van der Waals surface area contributed by atoms with E-state index in [9.17, 15) is 8.42 Å². The lowest BCUT2D eigenvalue weighted by molar-refractivity contribution is 0.122. The van der Waals surface area contributed by atoms with Crippen molar-refractivity contribution in [2.75, 3.05) is 47.9 Å². The molecule has 1 saturated heterocycles. The van der Waals surface area contributed by atoms with Crippen LogP contribution in [-0.2, 0) is 14.8 Å². The number of ether oxygens (including phenoxy) is 1. The number of aromatic nitrogens is 2. The molecule has 0 atom stereocenters. The number of furan rings is 1. The summed E-state index contributed by atoms with van der Waals surface area (Å²) in [4.78, 5) is 11.7. The fraction of sp³-hybridized carbons (Fsp3) is 0.208. The number of nitrogen functional groups attached to an aromatic ring is 1. The average Bonchev–Trinajstić information content (AvgIpc) is 3.27. The van der Waals surface area contributed by atoms with Crippen molar-refractivity contribution in [2.45, 2.75) is 0 Å². The molecule has 1 fully saturated rings. The van der Waals surface area contributed by atoms with E-state index in [1.165, 1.54) is 6.21 Å². The molecule has 0 unspecified atom stereocenters. The topological polar surface area (TPSA) is 147 Å². The first kappa shape index (κ1) is 22.8. The molecule has 4 aromatic rings. The first-order valence-electron chi connectivity index (χ1n) is 10.9. The van der Waals surface area contributed by atoms with Crippen LogP contribution in [0.15, 0.2) is 52.9 Å². The van der Waals surface area contributed by atoms with Gasteiger partial charge in [-0.2, -0.15) is 0 Å². The van der Waals surface area contributed by atoms with Gasteiger partial charge in [-0.1, -0.05) is 24.3 Å². The predicted molar refractivity (Wildman–Crippen MR) is 136 cm³/mol. The minimum absolute atomic E-state index is 0.431. The number of fused-ring (bicyclic) bond motifs is 1. The van der Waals surface area contributed by atoms with Crippen LogP contribution in [0, 0.1) is 5.41 Å². The molecule has 2 aromatic carbocycles. The van der Waals surface area contributed by atoms with Crippen LogP contribution in [0.3, 0.4) is 0 Å². The Morgan fingerprint density at radius 2 is 1.89 bits per heavy atom. The molecule has 3 heterocycles. The van der Waals surface area contributed by atoms with Crippen molar-refractivity contribution in [3.8, 4) is 22.7 Å². The molecule has 0 spiro atoms. The lowest BCUT2D eigenvalue weighted by atomic mass is 10.1. The van der Waals surface area contributed by atoms with E-state index in [0.717, 1.165) is 6.26 Å². The fourth-order valence-electron chi connectivity index (χ4n) is 4.06. The number of benzene rings is 2. The highest BCUT2D eigenvalue weighted by molar-refractivity contribution is 7.92. The van der Waals surface area contributed by atoms with E-state index in [0.29, 0.717) is 82.9 Å². The number of morpholine rings is 1.